The Morgan fingerprint density at radius 2 is 1.79 bits per heavy atom. The Balaban J connectivity index is 1.61. The van der Waals surface area contributed by atoms with E-state index in [9.17, 15) is 13.6 Å². The summed E-state index contributed by atoms with van der Waals surface area (Å²) in [6.45, 7) is 5.31. The molecule has 1 aromatic heterocycles. The van der Waals surface area contributed by atoms with Crippen LogP contribution in [0.25, 0.3) is 11.4 Å². The number of aromatic nitrogens is 2. The fraction of sp³-hybridized carbons (Fsp3) is 0.400. The molecule has 2 heterocycles. The first-order valence-electron chi connectivity index (χ1n) is 11.4. The average Bonchev–Trinajstić information content (AvgIpc) is 3.33. The van der Waals surface area contributed by atoms with Gasteiger partial charge in [0, 0.05) is 32.6 Å². The van der Waals surface area contributed by atoms with Crippen molar-refractivity contribution in [2.75, 3.05) is 26.7 Å². The Hall–Kier alpha value is -3.33. The molecule has 0 aliphatic carbocycles. The number of rotatable bonds is 6. The number of carbonyl (C=O) groups is 1. The largest absolute Gasteiger partial charge is 0.428 e. The van der Waals surface area contributed by atoms with E-state index in [0.29, 0.717) is 26.1 Å². The van der Waals surface area contributed by atoms with Crippen molar-refractivity contribution < 1.29 is 22.9 Å². The number of hydrogen-bond acceptors (Lipinski definition) is 6. The third kappa shape index (κ3) is 5.09. The van der Waals surface area contributed by atoms with E-state index >= 15 is 0 Å². The summed E-state index contributed by atoms with van der Waals surface area (Å²) in [6, 6.07) is 11.9. The minimum Gasteiger partial charge on any atom is -0.351 e. The van der Waals surface area contributed by atoms with Gasteiger partial charge < -0.3 is 14.3 Å². The molecule has 3 aromatic rings. The second-order valence-corrected chi connectivity index (χ2v) is 8.50. The molecular formula is C25H28F2N4O3. The van der Waals surface area contributed by atoms with E-state index in [2.05, 4.69) is 41.3 Å². The van der Waals surface area contributed by atoms with Crippen molar-refractivity contribution in [2.24, 2.45) is 0 Å². The van der Waals surface area contributed by atoms with Crippen LogP contribution in [-0.4, -0.2) is 52.9 Å². The zero-order valence-electron chi connectivity index (χ0n) is 19.5. The van der Waals surface area contributed by atoms with Crippen molar-refractivity contribution in [3.05, 3.63) is 71.1 Å². The van der Waals surface area contributed by atoms with Crippen LogP contribution in [0, 0.1) is 11.6 Å². The molecule has 0 saturated carbocycles. The van der Waals surface area contributed by atoms with Crippen molar-refractivity contribution >= 4 is 6.09 Å². The number of nitrogens with zero attached hydrogens (tertiary/aromatic N) is 4. The molecule has 0 spiro atoms. The predicted octanol–water partition coefficient (Wildman–Crippen LogP) is 5.15. The van der Waals surface area contributed by atoms with Crippen LogP contribution in [0.1, 0.15) is 49.1 Å². The van der Waals surface area contributed by atoms with Crippen LogP contribution in [0.5, 0.6) is 0 Å². The zero-order chi connectivity index (χ0) is 24.2. The molecule has 1 aliphatic heterocycles. The summed E-state index contributed by atoms with van der Waals surface area (Å²) >= 11 is 0. The summed E-state index contributed by atoms with van der Waals surface area (Å²) in [5.74, 6) is -1.68. The van der Waals surface area contributed by atoms with Crippen molar-refractivity contribution in [2.45, 2.75) is 38.5 Å². The lowest BCUT2D eigenvalue weighted by Crippen LogP contribution is -2.42. The van der Waals surface area contributed by atoms with Crippen molar-refractivity contribution in [1.82, 2.24) is 20.1 Å². The van der Waals surface area contributed by atoms with Crippen molar-refractivity contribution in [3.8, 4) is 11.4 Å². The van der Waals surface area contributed by atoms with Gasteiger partial charge in [-0.3, -0.25) is 0 Å². The minimum absolute atomic E-state index is 0.0323. The molecule has 0 radical (unpaired) electrons. The van der Waals surface area contributed by atoms with E-state index in [-0.39, 0.29) is 29.1 Å². The maximum Gasteiger partial charge on any atom is 0.428 e. The highest BCUT2D eigenvalue weighted by Crippen LogP contribution is 2.36. The van der Waals surface area contributed by atoms with Crippen LogP contribution in [0.15, 0.2) is 47.0 Å². The number of amides is 1. The van der Waals surface area contributed by atoms with E-state index < -0.39 is 17.7 Å². The summed E-state index contributed by atoms with van der Waals surface area (Å²) in [4.78, 5) is 23.8. The average molecular weight is 471 g/mol. The Labute approximate surface area is 197 Å². The monoisotopic (exact) mass is 470 g/mol. The first-order valence-corrected chi connectivity index (χ1v) is 11.4. The third-order valence-corrected chi connectivity index (χ3v) is 6.25. The SMILES string of the molecule is CCc1ccc(C2CC(c3nc(-c4c(F)cccc4F)no3)CN(OC(=O)N(C)CC)C2)cc1. The summed E-state index contributed by atoms with van der Waals surface area (Å²) in [5.41, 5.74) is 2.01. The van der Waals surface area contributed by atoms with Crippen LogP contribution >= 0.6 is 0 Å². The van der Waals surface area contributed by atoms with Gasteiger partial charge in [-0.1, -0.05) is 42.4 Å². The Bertz CT molecular complexity index is 1120. The Kier molecular flexibility index (Phi) is 7.21. The van der Waals surface area contributed by atoms with Crippen LogP contribution in [0.4, 0.5) is 13.6 Å². The standard InChI is InChI=1S/C25H28F2N4O3/c1-4-16-9-11-17(12-10-16)18-13-19(15-31(14-18)34-25(32)30(3)5-2)24-28-23(29-33-24)22-20(26)7-6-8-21(22)27/h6-12,18-19H,4-5,13-15H2,1-3H3. The molecule has 7 nitrogen and oxygen atoms in total. The molecule has 180 valence electrons. The molecule has 4 rings (SSSR count). The summed E-state index contributed by atoms with van der Waals surface area (Å²) in [6.07, 6.45) is 1.14. The van der Waals surface area contributed by atoms with Crippen molar-refractivity contribution in [1.29, 1.82) is 0 Å². The van der Waals surface area contributed by atoms with Gasteiger partial charge in [-0.25, -0.2) is 13.6 Å². The minimum atomic E-state index is -0.761. The van der Waals surface area contributed by atoms with E-state index in [4.69, 9.17) is 9.36 Å². The third-order valence-electron chi connectivity index (χ3n) is 6.25. The highest BCUT2D eigenvalue weighted by molar-refractivity contribution is 5.66. The smallest absolute Gasteiger partial charge is 0.351 e. The van der Waals surface area contributed by atoms with Gasteiger partial charge in [0.15, 0.2) is 0 Å². The van der Waals surface area contributed by atoms with E-state index in [0.717, 1.165) is 24.1 Å². The number of halogens is 2. The van der Waals surface area contributed by atoms with E-state index in [1.807, 2.05) is 6.92 Å². The zero-order valence-corrected chi connectivity index (χ0v) is 19.5. The molecule has 0 N–H and O–H groups in total. The van der Waals surface area contributed by atoms with Gasteiger partial charge in [0.2, 0.25) is 11.7 Å². The molecule has 1 saturated heterocycles. The van der Waals surface area contributed by atoms with E-state index in [1.54, 1.807) is 12.1 Å². The molecule has 34 heavy (non-hydrogen) atoms. The number of hydrogen-bond donors (Lipinski definition) is 0. The quantitative estimate of drug-likeness (QED) is 0.496. The topological polar surface area (TPSA) is 71.7 Å². The fourth-order valence-electron chi connectivity index (χ4n) is 4.10. The number of aryl methyl sites for hydroxylation is 1. The van der Waals surface area contributed by atoms with Crippen LogP contribution in [0.3, 0.4) is 0 Å². The number of benzene rings is 2. The molecular weight excluding hydrogens is 442 g/mol. The molecule has 1 fully saturated rings. The van der Waals surface area contributed by atoms with Gasteiger partial charge in [0.05, 0.1) is 11.5 Å². The molecule has 1 aliphatic rings. The van der Waals surface area contributed by atoms with Crippen LogP contribution < -0.4 is 0 Å². The molecule has 1 amide bonds. The molecule has 2 atom stereocenters. The number of carbonyl (C=O) groups excluding carboxylic acids is 1. The van der Waals surface area contributed by atoms with Gasteiger partial charge in [-0.05, 0) is 43.0 Å². The maximum absolute atomic E-state index is 14.2. The van der Waals surface area contributed by atoms with Gasteiger partial charge in [-0.2, -0.15) is 4.98 Å². The van der Waals surface area contributed by atoms with Gasteiger partial charge in [0.1, 0.15) is 11.6 Å². The van der Waals surface area contributed by atoms with Crippen LogP contribution in [-0.2, 0) is 11.3 Å². The molecule has 2 unspecified atom stereocenters. The second kappa shape index (κ2) is 10.3. The highest BCUT2D eigenvalue weighted by atomic mass is 19.1. The first kappa shape index (κ1) is 23.8. The lowest BCUT2D eigenvalue weighted by molar-refractivity contribution is -0.131. The predicted molar refractivity (Wildman–Crippen MR) is 122 cm³/mol. The summed E-state index contributed by atoms with van der Waals surface area (Å²) in [5, 5.41) is 5.44. The number of hydroxylamine groups is 2. The first-order chi connectivity index (χ1) is 16.4. The highest BCUT2D eigenvalue weighted by Gasteiger charge is 2.35. The molecule has 0 bridgehead atoms. The van der Waals surface area contributed by atoms with Crippen LogP contribution in [0.2, 0.25) is 0 Å². The second-order valence-electron chi connectivity index (χ2n) is 8.50. The lowest BCUT2D eigenvalue weighted by Gasteiger charge is -2.35. The summed E-state index contributed by atoms with van der Waals surface area (Å²) in [7, 11) is 1.66. The molecule has 9 heteroatoms. The normalized spacial score (nSPS) is 18.6. The maximum atomic E-state index is 14.2. The van der Waals surface area contributed by atoms with E-state index in [1.165, 1.54) is 16.5 Å². The van der Waals surface area contributed by atoms with Crippen molar-refractivity contribution in [3.63, 3.8) is 0 Å². The molecule has 2 aromatic carbocycles. The van der Waals surface area contributed by atoms with Gasteiger partial charge in [0.25, 0.3) is 0 Å². The summed E-state index contributed by atoms with van der Waals surface area (Å²) < 4.78 is 33.9. The van der Waals surface area contributed by atoms with Gasteiger partial charge in [-0.15, -0.1) is 5.06 Å². The van der Waals surface area contributed by atoms with Gasteiger partial charge >= 0.3 is 6.09 Å². The fourth-order valence-corrected chi connectivity index (χ4v) is 4.10. The Morgan fingerprint density at radius 1 is 1.12 bits per heavy atom. The Morgan fingerprint density at radius 3 is 2.44 bits per heavy atom. The number of piperidine rings is 1. The lowest BCUT2D eigenvalue weighted by atomic mass is 9.85.